The molecular formula is C21H27N3O4. The lowest BCUT2D eigenvalue weighted by molar-refractivity contribution is 0.0525. The zero-order valence-electron chi connectivity index (χ0n) is 16.4. The number of hydrogen-bond donors (Lipinski definition) is 1. The molecule has 0 saturated carbocycles. The summed E-state index contributed by atoms with van der Waals surface area (Å²) in [6.45, 7) is 4.81. The third kappa shape index (κ3) is 4.09. The maximum absolute atomic E-state index is 12.9. The van der Waals surface area contributed by atoms with Gasteiger partial charge in [-0.2, -0.15) is 5.10 Å². The monoisotopic (exact) mass is 385 g/mol. The van der Waals surface area contributed by atoms with Crippen molar-refractivity contribution in [2.75, 3.05) is 19.8 Å². The minimum Gasteiger partial charge on any atom is -0.462 e. The van der Waals surface area contributed by atoms with Gasteiger partial charge in [-0.1, -0.05) is 0 Å². The molecule has 0 spiro atoms. The first-order chi connectivity index (χ1) is 13.6. The first-order valence-electron chi connectivity index (χ1n) is 9.80. The zero-order chi connectivity index (χ0) is 20.1. The average Bonchev–Trinajstić information content (AvgIpc) is 3.32. The Morgan fingerprint density at radius 2 is 2.04 bits per heavy atom. The minimum atomic E-state index is -0.388. The van der Waals surface area contributed by atoms with Gasteiger partial charge in [0.05, 0.1) is 24.2 Å². The lowest BCUT2D eigenvalue weighted by atomic mass is 10.1. The van der Waals surface area contributed by atoms with Crippen LogP contribution in [0.5, 0.6) is 0 Å². The van der Waals surface area contributed by atoms with Gasteiger partial charge in [0.25, 0.3) is 5.91 Å². The van der Waals surface area contributed by atoms with E-state index in [0.29, 0.717) is 23.4 Å². The highest BCUT2D eigenvalue weighted by molar-refractivity contribution is 5.95. The zero-order valence-corrected chi connectivity index (χ0v) is 16.4. The van der Waals surface area contributed by atoms with Crippen molar-refractivity contribution in [2.24, 2.45) is 0 Å². The van der Waals surface area contributed by atoms with E-state index in [0.717, 1.165) is 37.9 Å². The van der Waals surface area contributed by atoms with E-state index < -0.39 is 0 Å². The summed E-state index contributed by atoms with van der Waals surface area (Å²) in [6.07, 6.45) is 5.05. The maximum Gasteiger partial charge on any atom is 0.341 e. The largest absolute Gasteiger partial charge is 0.462 e. The van der Waals surface area contributed by atoms with Crippen molar-refractivity contribution < 1.29 is 19.4 Å². The number of carbonyl (C=O) groups excluding carboxylic acids is 2. The average molecular weight is 385 g/mol. The van der Waals surface area contributed by atoms with Gasteiger partial charge in [0.1, 0.15) is 5.56 Å². The fraction of sp³-hybridized carbons (Fsp3) is 0.476. The molecule has 7 nitrogen and oxygen atoms in total. The summed E-state index contributed by atoms with van der Waals surface area (Å²) in [6, 6.07) is 7.47. The molecule has 0 radical (unpaired) electrons. The summed E-state index contributed by atoms with van der Waals surface area (Å²) in [5.41, 5.74) is 2.55. The Hall–Kier alpha value is -2.67. The lowest BCUT2D eigenvalue weighted by Crippen LogP contribution is -2.35. The van der Waals surface area contributed by atoms with Gasteiger partial charge in [-0.15, -0.1) is 0 Å². The number of carbonyl (C=O) groups is 2. The van der Waals surface area contributed by atoms with Gasteiger partial charge in [0.15, 0.2) is 0 Å². The molecule has 150 valence electrons. The molecule has 2 heterocycles. The Morgan fingerprint density at radius 3 is 2.71 bits per heavy atom. The number of esters is 1. The van der Waals surface area contributed by atoms with Gasteiger partial charge in [-0.25, -0.2) is 9.48 Å². The van der Waals surface area contributed by atoms with E-state index in [9.17, 15) is 9.59 Å². The molecule has 1 unspecified atom stereocenters. The molecule has 1 aromatic heterocycles. The molecule has 28 heavy (non-hydrogen) atoms. The second-order valence-electron chi connectivity index (χ2n) is 6.98. The highest BCUT2D eigenvalue weighted by Gasteiger charge is 2.28. The number of aromatic nitrogens is 2. The van der Waals surface area contributed by atoms with E-state index in [-0.39, 0.29) is 24.5 Å². The number of amides is 1. The lowest BCUT2D eigenvalue weighted by Gasteiger charge is -2.24. The van der Waals surface area contributed by atoms with Crippen LogP contribution in [0.1, 0.15) is 59.0 Å². The third-order valence-corrected chi connectivity index (χ3v) is 5.20. The number of rotatable bonds is 7. The first-order valence-corrected chi connectivity index (χ1v) is 9.80. The molecule has 0 bridgehead atoms. The topological polar surface area (TPSA) is 84.7 Å². The summed E-state index contributed by atoms with van der Waals surface area (Å²) in [5.74, 6) is -0.364. The molecule has 1 aromatic carbocycles. The van der Waals surface area contributed by atoms with Crippen molar-refractivity contribution in [3.05, 3.63) is 47.3 Å². The van der Waals surface area contributed by atoms with E-state index in [2.05, 4.69) is 5.10 Å². The second-order valence-corrected chi connectivity index (χ2v) is 6.98. The van der Waals surface area contributed by atoms with Crippen LogP contribution in [-0.4, -0.2) is 57.5 Å². The van der Waals surface area contributed by atoms with Crippen LogP contribution < -0.4 is 0 Å². The SMILES string of the molecule is CCOC(=O)c1cnn(-c2ccc(C(=O)N3CCCC3CCCO)cc2)c1C. The highest BCUT2D eigenvalue weighted by atomic mass is 16.5. The number of hydrogen-bond acceptors (Lipinski definition) is 5. The van der Waals surface area contributed by atoms with Gasteiger partial charge < -0.3 is 14.7 Å². The Balaban J connectivity index is 1.75. The predicted octanol–water partition coefficient (Wildman–Crippen LogP) is 2.73. The molecule has 3 rings (SSSR count). The van der Waals surface area contributed by atoms with Crippen LogP contribution in [-0.2, 0) is 4.74 Å². The molecule has 7 heteroatoms. The normalized spacial score (nSPS) is 16.4. The summed E-state index contributed by atoms with van der Waals surface area (Å²) in [5, 5.41) is 13.3. The Kier molecular flexibility index (Phi) is 6.46. The molecule has 1 aliphatic rings. The number of likely N-dealkylation sites (tertiary alicyclic amines) is 1. The summed E-state index contributed by atoms with van der Waals surface area (Å²) >= 11 is 0. The smallest absolute Gasteiger partial charge is 0.341 e. The standard InChI is InChI=1S/C21H27N3O4/c1-3-28-21(27)19-14-22-24(15(19)2)18-10-8-16(9-11-18)20(26)23-12-4-6-17(23)7-5-13-25/h8-11,14,17,25H,3-7,12-13H2,1-2H3. The van der Waals surface area contributed by atoms with Crippen LogP contribution in [0.15, 0.2) is 30.5 Å². The maximum atomic E-state index is 12.9. The van der Waals surface area contributed by atoms with Gasteiger partial charge in [-0.3, -0.25) is 4.79 Å². The Labute approximate surface area is 164 Å². The number of aliphatic hydroxyl groups is 1. The Bertz CT molecular complexity index is 829. The van der Waals surface area contributed by atoms with Crippen molar-refractivity contribution in [1.29, 1.82) is 0 Å². The molecule has 1 fully saturated rings. The van der Waals surface area contributed by atoms with Gasteiger partial charge >= 0.3 is 5.97 Å². The van der Waals surface area contributed by atoms with Gasteiger partial charge in [-0.05, 0) is 63.8 Å². The molecular weight excluding hydrogens is 358 g/mol. The van der Waals surface area contributed by atoms with Gasteiger partial charge in [0.2, 0.25) is 0 Å². The van der Waals surface area contributed by atoms with Crippen LogP contribution in [0.25, 0.3) is 5.69 Å². The number of benzene rings is 1. The first kappa shape index (κ1) is 20.1. The molecule has 1 N–H and O–H groups in total. The third-order valence-electron chi connectivity index (χ3n) is 5.20. The highest BCUT2D eigenvalue weighted by Crippen LogP contribution is 2.24. The Morgan fingerprint density at radius 1 is 1.29 bits per heavy atom. The van der Waals surface area contributed by atoms with Crippen molar-refractivity contribution in [1.82, 2.24) is 14.7 Å². The van der Waals surface area contributed by atoms with Crippen LogP contribution in [0.4, 0.5) is 0 Å². The molecule has 1 aliphatic heterocycles. The van der Waals surface area contributed by atoms with Crippen LogP contribution in [0, 0.1) is 6.92 Å². The van der Waals surface area contributed by atoms with Crippen molar-refractivity contribution in [3.8, 4) is 5.69 Å². The molecule has 1 saturated heterocycles. The van der Waals surface area contributed by atoms with Crippen molar-refractivity contribution in [2.45, 2.75) is 45.6 Å². The summed E-state index contributed by atoms with van der Waals surface area (Å²) in [4.78, 5) is 26.8. The van der Waals surface area contributed by atoms with Crippen LogP contribution in [0.2, 0.25) is 0 Å². The second kappa shape index (κ2) is 9.01. The van der Waals surface area contributed by atoms with E-state index in [1.165, 1.54) is 6.20 Å². The van der Waals surface area contributed by atoms with Crippen LogP contribution >= 0.6 is 0 Å². The van der Waals surface area contributed by atoms with E-state index in [4.69, 9.17) is 9.84 Å². The number of ether oxygens (including phenoxy) is 1. The van der Waals surface area contributed by atoms with E-state index >= 15 is 0 Å². The fourth-order valence-corrected chi connectivity index (χ4v) is 3.72. The quantitative estimate of drug-likeness (QED) is 0.741. The molecule has 1 atom stereocenters. The van der Waals surface area contributed by atoms with Gasteiger partial charge in [0, 0.05) is 24.8 Å². The van der Waals surface area contributed by atoms with Crippen molar-refractivity contribution in [3.63, 3.8) is 0 Å². The van der Waals surface area contributed by atoms with Crippen LogP contribution in [0.3, 0.4) is 0 Å². The van der Waals surface area contributed by atoms with E-state index in [1.807, 2.05) is 24.0 Å². The number of nitrogens with zero attached hydrogens (tertiary/aromatic N) is 3. The van der Waals surface area contributed by atoms with E-state index in [1.54, 1.807) is 23.7 Å². The molecule has 0 aliphatic carbocycles. The van der Waals surface area contributed by atoms with Crippen molar-refractivity contribution >= 4 is 11.9 Å². The summed E-state index contributed by atoms with van der Waals surface area (Å²) in [7, 11) is 0. The fourth-order valence-electron chi connectivity index (χ4n) is 3.72. The number of aliphatic hydroxyl groups excluding tert-OH is 1. The minimum absolute atomic E-state index is 0.0244. The summed E-state index contributed by atoms with van der Waals surface area (Å²) < 4.78 is 6.71. The predicted molar refractivity (Wildman–Crippen MR) is 105 cm³/mol. The molecule has 1 amide bonds. The molecule has 2 aromatic rings.